The zero-order valence-electron chi connectivity index (χ0n) is 12.8. The van der Waals surface area contributed by atoms with Gasteiger partial charge in [0.15, 0.2) is 0 Å². The van der Waals surface area contributed by atoms with E-state index < -0.39 is 5.54 Å². The zero-order valence-corrected chi connectivity index (χ0v) is 13.7. The first-order valence-corrected chi connectivity index (χ1v) is 8.94. The van der Waals surface area contributed by atoms with Gasteiger partial charge in [0.2, 0.25) is 5.91 Å². The molecular formula is C17H24N2OS. The lowest BCUT2D eigenvalue weighted by atomic mass is 9.99. The number of hydrogen-bond acceptors (Lipinski definition) is 3. The van der Waals surface area contributed by atoms with E-state index in [-0.39, 0.29) is 12.1 Å². The van der Waals surface area contributed by atoms with Crippen molar-refractivity contribution in [2.45, 2.75) is 50.1 Å². The van der Waals surface area contributed by atoms with Gasteiger partial charge in [0.05, 0.1) is 5.54 Å². The van der Waals surface area contributed by atoms with Crippen LogP contribution in [0, 0.1) is 0 Å². The zero-order chi connectivity index (χ0) is 14.9. The molecule has 2 aliphatic heterocycles. The number of amides is 1. The van der Waals surface area contributed by atoms with Crippen molar-refractivity contribution < 1.29 is 4.79 Å². The van der Waals surface area contributed by atoms with Gasteiger partial charge in [-0.3, -0.25) is 10.1 Å². The number of thioether (sulfide) groups is 1. The van der Waals surface area contributed by atoms with Crippen molar-refractivity contribution in [1.82, 2.24) is 10.2 Å². The molecule has 0 radical (unpaired) electrons. The van der Waals surface area contributed by atoms with Crippen LogP contribution in [0.4, 0.5) is 0 Å². The summed E-state index contributed by atoms with van der Waals surface area (Å²) >= 11 is 2.01. The molecule has 114 valence electrons. The number of benzene rings is 1. The minimum Gasteiger partial charge on any atom is -0.320 e. The maximum absolute atomic E-state index is 12.9. The Morgan fingerprint density at radius 2 is 2.14 bits per heavy atom. The smallest absolute Gasteiger partial charge is 0.244 e. The molecular weight excluding hydrogens is 280 g/mol. The van der Waals surface area contributed by atoms with Crippen LogP contribution in [0.3, 0.4) is 0 Å². The van der Waals surface area contributed by atoms with Gasteiger partial charge in [-0.05, 0) is 37.5 Å². The Morgan fingerprint density at radius 1 is 1.38 bits per heavy atom. The van der Waals surface area contributed by atoms with E-state index in [0.29, 0.717) is 5.25 Å². The highest BCUT2D eigenvalue weighted by Gasteiger charge is 2.47. The number of nitrogens with zero attached hydrogens (tertiary/aromatic N) is 1. The monoisotopic (exact) mass is 304 g/mol. The normalized spacial score (nSPS) is 32.9. The molecule has 1 amide bonds. The predicted octanol–water partition coefficient (Wildman–Crippen LogP) is 3.18. The largest absolute Gasteiger partial charge is 0.320 e. The summed E-state index contributed by atoms with van der Waals surface area (Å²) < 4.78 is 0. The maximum atomic E-state index is 12.9. The third-order valence-electron chi connectivity index (χ3n) is 4.75. The molecule has 0 aliphatic carbocycles. The number of nitrogens with one attached hydrogen (secondary N) is 1. The SMILES string of the molecule is CCC1(C)NC(c2ccccc2)N(CC2CCCS2)C1=O. The summed E-state index contributed by atoms with van der Waals surface area (Å²) in [6.45, 7) is 4.99. The molecule has 4 heteroatoms. The standard InChI is InChI=1S/C17H24N2OS/c1-3-17(2)16(20)19(12-14-10-7-11-21-14)15(18-17)13-8-5-4-6-9-13/h4-6,8-9,14-15,18H,3,7,10-12H2,1-2H3. The summed E-state index contributed by atoms with van der Waals surface area (Å²) in [4.78, 5) is 15.0. The van der Waals surface area contributed by atoms with Crippen LogP contribution in [0.25, 0.3) is 0 Å². The fourth-order valence-electron chi connectivity index (χ4n) is 3.22. The number of carbonyl (C=O) groups excluding carboxylic acids is 1. The van der Waals surface area contributed by atoms with Crippen LogP contribution in [0.1, 0.15) is 44.8 Å². The van der Waals surface area contributed by atoms with Gasteiger partial charge in [0.1, 0.15) is 6.17 Å². The lowest BCUT2D eigenvalue weighted by Crippen LogP contribution is -2.43. The first kappa shape index (κ1) is 14.9. The summed E-state index contributed by atoms with van der Waals surface area (Å²) in [6.07, 6.45) is 3.36. The van der Waals surface area contributed by atoms with Gasteiger partial charge in [0, 0.05) is 11.8 Å². The van der Waals surface area contributed by atoms with Crippen LogP contribution in [0.2, 0.25) is 0 Å². The van der Waals surface area contributed by atoms with E-state index in [4.69, 9.17) is 0 Å². The van der Waals surface area contributed by atoms with Crippen molar-refractivity contribution in [2.75, 3.05) is 12.3 Å². The third kappa shape index (κ3) is 2.84. The second kappa shape index (κ2) is 6.01. The van der Waals surface area contributed by atoms with Gasteiger partial charge >= 0.3 is 0 Å². The van der Waals surface area contributed by atoms with Gasteiger partial charge in [0.25, 0.3) is 0 Å². The van der Waals surface area contributed by atoms with Crippen LogP contribution < -0.4 is 5.32 Å². The predicted molar refractivity (Wildman–Crippen MR) is 88.2 cm³/mol. The molecule has 3 nitrogen and oxygen atoms in total. The molecule has 0 aromatic heterocycles. The molecule has 2 heterocycles. The van der Waals surface area contributed by atoms with Crippen molar-refractivity contribution in [3.8, 4) is 0 Å². The Balaban J connectivity index is 1.86. The first-order chi connectivity index (χ1) is 10.1. The van der Waals surface area contributed by atoms with E-state index in [0.717, 1.165) is 13.0 Å². The minimum atomic E-state index is -0.427. The quantitative estimate of drug-likeness (QED) is 0.927. The van der Waals surface area contributed by atoms with Gasteiger partial charge in [-0.2, -0.15) is 11.8 Å². The van der Waals surface area contributed by atoms with Crippen LogP contribution in [-0.4, -0.2) is 33.9 Å². The van der Waals surface area contributed by atoms with Crippen LogP contribution >= 0.6 is 11.8 Å². The molecule has 1 aromatic carbocycles. The molecule has 0 bridgehead atoms. The average Bonchev–Trinajstić information content (AvgIpc) is 3.11. The van der Waals surface area contributed by atoms with E-state index in [1.165, 1.54) is 24.2 Å². The van der Waals surface area contributed by atoms with E-state index >= 15 is 0 Å². The lowest BCUT2D eigenvalue weighted by molar-refractivity contribution is -0.133. The number of carbonyl (C=O) groups is 1. The van der Waals surface area contributed by atoms with Crippen molar-refractivity contribution >= 4 is 17.7 Å². The first-order valence-electron chi connectivity index (χ1n) is 7.89. The highest BCUT2D eigenvalue weighted by Crippen LogP contribution is 2.35. The summed E-state index contributed by atoms with van der Waals surface area (Å²) in [5.74, 6) is 1.49. The van der Waals surface area contributed by atoms with Crippen molar-refractivity contribution in [2.24, 2.45) is 0 Å². The van der Waals surface area contributed by atoms with E-state index in [1.807, 2.05) is 36.9 Å². The lowest BCUT2D eigenvalue weighted by Gasteiger charge is -2.27. The highest BCUT2D eigenvalue weighted by atomic mass is 32.2. The Morgan fingerprint density at radius 3 is 2.76 bits per heavy atom. The third-order valence-corrected chi connectivity index (χ3v) is 6.13. The van der Waals surface area contributed by atoms with Gasteiger partial charge in [-0.15, -0.1) is 0 Å². The van der Waals surface area contributed by atoms with Crippen molar-refractivity contribution in [3.63, 3.8) is 0 Å². The number of rotatable bonds is 4. The van der Waals surface area contributed by atoms with Crippen molar-refractivity contribution in [1.29, 1.82) is 0 Å². The Labute approximate surface area is 131 Å². The molecule has 21 heavy (non-hydrogen) atoms. The molecule has 2 fully saturated rings. The maximum Gasteiger partial charge on any atom is 0.244 e. The Bertz CT molecular complexity index is 501. The fraction of sp³-hybridized carbons (Fsp3) is 0.588. The summed E-state index contributed by atoms with van der Waals surface area (Å²) in [5, 5.41) is 4.17. The van der Waals surface area contributed by atoms with Crippen molar-refractivity contribution in [3.05, 3.63) is 35.9 Å². The molecule has 3 rings (SSSR count). The van der Waals surface area contributed by atoms with E-state index in [9.17, 15) is 4.79 Å². The molecule has 0 saturated carbocycles. The molecule has 1 N–H and O–H groups in total. The van der Waals surface area contributed by atoms with Crippen LogP contribution in [0.5, 0.6) is 0 Å². The summed E-state index contributed by atoms with van der Waals surface area (Å²) in [6, 6.07) is 10.3. The fourth-order valence-corrected chi connectivity index (χ4v) is 4.49. The summed E-state index contributed by atoms with van der Waals surface area (Å²) in [7, 11) is 0. The highest BCUT2D eigenvalue weighted by molar-refractivity contribution is 8.00. The van der Waals surface area contributed by atoms with Gasteiger partial charge in [-0.1, -0.05) is 37.3 Å². The van der Waals surface area contributed by atoms with Gasteiger partial charge in [-0.25, -0.2) is 0 Å². The Hall–Kier alpha value is -1.00. The van der Waals surface area contributed by atoms with Crippen LogP contribution in [-0.2, 0) is 4.79 Å². The summed E-state index contributed by atoms with van der Waals surface area (Å²) in [5.41, 5.74) is 0.759. The Kier molecular flexibility index (Phi) is 4.27. The van der Waals surface area contributed by atoms with Crippen LogP contribution in [0.15, 0.2) is 30.3 Å². The second-order valence-corrected chi connectivity index (χ2v) is 7.64. The number of hydrogen-bond donors (Lipinski definition) is 1. The molecule has 3 unspecified atom stereocenters. The second-order valence-electron chi connectivity index (χ2n) is 6.24. The van der Waals surface area contributed by atoms with E-state index in [2.05, 4.69) is 29.3 Å². The molecule has 2 saturated heterocycles. The average molecular weight is 304 g/mol. The molecule has 3 atom stereocenters. The molecule has 0 spiro atoms. The molecule has 1 aromatic rings. The van der Waals surface area contributed by atoms with E-state index in [1.54, 1.807) is 0 Å². The topological polar surface area (TPSA) is 32.3 Å². The molecule has 2 aliphatic rings. The minimum absolute atomic E-state index is 0.0184. The van der Waals surface area contributed by atoms with Gasteiger partial charge < -0.3 is 4.90 Å².